The number of carbonyl (C=O) groups is 1. The number of rotatable bonds is 4. The smallest absolute Gasteiger partial charge is 0.221 e. The van der Waals surface area contributed by atoms with Crippen LogP contribution in [0.25, 0.3) is 0 Å². The molecule has 0 spiro atoms. The van der Waals surface area contributed by atoms with Crippen LogP contribution in [0.2, 0.25) is 0 Å². The lowest BCUT2D eigenvalue weighted by Crippen LogP contribution is -2.28. The predicted octanol–water partition coefficient (Wildman–Crippen LogP) is 1.78. The maximum absolute atomic E-state index is 10.9. The largest absolute Gasteiger partial charge is 0.492 e. The van der Waals surface area contributed by atoms with Gasteiger partial charge in [-0.3, -0.25) is 4.79 Å². The van der Waals surface area contributed by atoms with Gasteiger partial charge in [-0.05, 0) is 31.5 Å². The van der Waals surface area contributed by atoms with E-state index in [0.29, 0.717) is 12.6 Å². The lowest BCUT2D eigenvalue weighted by molar-refractivity contribution is -0.114. The fourth-order valence-electron chi connectivity index (χ4n) is 1.96. The van der Waals surface area contributed by atoms with Crippen molar-refractivity contribution < 1.29 is 9.53 Å². The van der Waals surface area contributed by atoms with Crippen molar-refractivity contribution in [3.8, 4) is 5.75 Å². The Hall–Kier alpha value is -1.55. The van der Waals surface area contributed by atoms with Crippen LogP contribution in [-0.4, -0.2) is 25.1 Å². The number of hydrogen-bond donors (Lipinski definition) is 2. The summed E-state index contributed by atoms with van der Waals surface area (Å²) in [5, 5.41) is 6.12. The third-order valence-corrected chi connectivity index (χ3v) is 2.77. The van der Waals surface area contributed by atoms with Crippen LogP contribution in [0, 0.1) is 0 Å². The summed E-state index contributed by atoms with van der Waals surface area (Å²) in [6, 6.07) is 7.93. The van der Waals surface area contributed by atoms with Gasteiger partial charge in [0, 0.05) is 24.7 Å². The molecule has 1 heterocycles. The average Bonchev–Trinajstić information content (AvgIpc) is 2.79. The van der Waals surface area contributed by atoms with Crippen LogP contribution in [-0.2, 0) is 4.79 Å². The molecule has 0 bridgehead atoms. The lowest BCUT2D eigenvalue weighted by Gasteiger charge is -2.12. The van der Waals surface area contributed by atoms with Crippen LogP contribution in [0.4, 0.5) is 5.69 Å². The summed E-state index contributed by atoms with van der Waals surface area (Å²) in [6.07, 6.45) is 2.39. The van der Waals surface area contributed by atoms with E-state index in [-0.39, 0.29) is 5.91 Å². The van der Waals surface area contributed by atoms with Gasteiger partial charge in [0.1, 0.15) is 12.4 Å². The maximum Gasteiger partial charge on any atom is 0.221 e. The molecular formula is C13H18N2O2. The van der Waals surface area contributed by atoms with E-state index in [4.69, 9.17) is 4.74 Å². The summed E-state index contributed by atoms with van der Waals surface area (Å²) in [5.74, 6) is 0.726. The van der Waals surface area contributed by atoms with Crippen molar-refractivity contribution in [1.82, 2.24) is 5.32 Å². The van der Waals surface area contributed by atoms with Crippen LogP contribution < -0.4 is 15.4 Å². The molecule has 0 radical (unpaired) electrons. The number of amides is 1. The van der Waals surface area contributed by atoms with E-state index >= 15 is 0 Å². The summed E-state index contributed by atoms with van der Waals surface area (Å²) in [4.78, 5) is 10.9. The third kappa shape index (κ3) is 3.75. The maximum atomic E-state index is 10.9. The summed E-state index contributed by atoms with van der Waals surface area (Å²) in [6.45, 7) is 3.26. The predicted molar refractivity (Wildman–Crippen MR) is 67.3 cm³/mol. The molecule has 92 valence electrons. The van der Waals surface area contributed by atoms with Crippen LogP contribution in [0.15, 0.2) is 24.3 Å². The van der Waals surface area contributed by atoms with E-state index in [2.05, 4.69) is 10.6 Å². The zero-order valence-corrected chi connectivity index (χ0v) is 10.0. The summed E-state index contributed by atoms with van der Waals surface area (Å²) in [5.41, 5.74) is 0.773. The molecule has 2 rings (SSSR count). The molecule has 1 saturated heterocycles. The first-order valence-corrected chi connectivity index (χ1v) is 5.98. The van der Waals surface area contributed by atoms with Crippen molar-refractivity contribution in [1.29, 1.82) is 0 Å². The summed E-state index contributed by atoms with van der Waals surface area (Å²) >= 11 is 0. The van der Waals surface area contributed by atoms with Crippen molar-refractivity contribution in [2.75, 3.05) is 18.5 Å². The molecule has 1 aliphatic heterocycles. The van der Waals surface area contributed by atoms with Crippen molar-refractivity contribution in [3.63, 3.8) is 0 Å². The zero-order chi connectivity index (χ0) is 12.1. The SMILES string of the molecule is CC(=O)Nc1cccc(OC[C@@H]2CCCN2)c1. The van der Waals surface area contributed by atoms with Gasteiger partial charge < -0.3 is 15.4 Å². The highest BCUT2D eigenvalue weighted by Crippen LogP contribution is 2.18. The van der Waals surface area contributed by atoms with E-state index in [9.17, 15) is 4.79 Å². The minimum atomic E-state index is -0.0698. The fraction of sp³-hybridized carbons (Fsp3) is 0.462. The van der Waals surface area contributed by atoms with Gasteiger partial charge in [-0.2, -0.15) is 0 Å². The van der Waals surface area contributed by atoms with E-state index in [1.165, 1.54) is 19.8 Å². The Labute approximate surface area is 101 Å². The van der Waals surface area contributed by atoms with Crippen molar-refractivity contribution in [2.24, 2.45) is 0 Å². The molecule has 2 N–H and O–H groups in total. The van der Waals surface area contributed by atoms with Gasteiger partial charge in [0.2, 0.25) is 5.91 Å². The average molecular weight is 234 g/mol. The molecular weight excluding hydrogens is 216 g/mol. The van der Waals surface area contributed by atoms with Gasteiger partial charge in [-0.1, -0.05) is 6.07 Å². The Morgan fingerprint density at radius 1 is 1.59 bits per heavy atom. The first-order chi connectivity index (χ1) is 8.24. The Bertz CT molecular complexity index is 387. The van der Waals surface area contributed by atoms with Crippen LogP contribution >= 0.6 is 0 Å². The summed E-state index contributed by atoms with van der Waals surface area (Å²) < 4.78 is 5.70. The Balaban J connectivity index is 1.88. The lowest BCUT2D eigenvalue weighted by atomic mass is 10.2. The van der Waals surface area contributed by atoms with Crippen LogP contribution in [0.3, 0.4) is 0 Å². The first kappa shape index (κ1) is 11.9. The second kappa shape index (κ2) is 5.68. The zero-order valence-electron chi connectivity index (χ0n) is 10.0. The van der Waals surface area contributed by atoms with Gasteiger partial charge in [0.05, 0.1) is 0 Å². The molecule has 0 unspecified atom stereocenters. The van der Waals surface area contributed by atoms with Crippen molar-refractivity contribution in [2.45, 2.75) is 25.8 Å². The molecule has 1 fully saturated rings. The highest BCUT2D eigenvalue weighted by atomic mass is 16.5. The van der Waals surface area contributed by atoms with Gasteiger partial charge in [-0.25, -0.2) is 0 Å². The van der Waals surface area contributed by atoms with Crippen LogP contribution in [0.5, 0.6) is 5.75 Å². The minimum Gasteiger partial charge on any atom is -0.492 e. The Morgan fingerprint density at radius 3 is 3.18 bits per heavy atom. The quantitative estimate of drug-likeness (QED) is 0.835. The molecule has 0 aliphatic carbocycles. The second-order valence-corrected chi connectivity index (χ2v) is 4.31. The van der Waals surface area contributed by atoms with Crippen molar-refractivity contribution >= 4 is 11.6 Å². The highest BCUT2D eigenvalue weighted by molar-refractivity contribution is 5.88. The number of nitrogens with one attached hydrogen (secondary N) is 2. The number of hydrogen-bond acceptors (Lipinski definition) is 3. The molecule has 1 aliphatic rings. The Morgan fingerprint density at radius 2 is 2.47 bits per heavy atom. The van der Waals surface area contributed by atoms with Gasteiger partial charge in [0.15, 0.2) is 0 Å². The normalized spacial score (nSPS) is 19.0. The molecule has 4 nitrogen and oxygen atoms in total. The van der Waals surface area contributed by atoms with Crippen molar-refractivity contribution in [3.05, 3.63) is 24.3 Å². The molecule has 4 heteroatoms. The molecule has 1 atom stereocenters. The van der Waals surface area contributed by atoms with Gasteiger partial charge in [-0.15, -0.1) is 0 Å². The second-order valence-electron chi connectivity index (χ2n) is 4.31. The minimum absolute atomic E-state index is 0.0698. The summed E-state index contributed by atoms with van der Waals surface area (Å²) in [7, 11) is 0. The first-order valence-electron chi connectivity index (χ1n) is 5.98. The van der Waals surface area contributed by atoms with Gasteiger partial charge in [0.25, 0.3) is 0 Å². The Kier molecular flexibility index (Phi) is 3.98. The highest BCUT2D eigenvalue weighted by Gasteiger charge is 2.14. The molecule has 0 aromatic heterocycles. The van der Waals surface area contributed by atoms with Crippen LogP contribution in [0.1, 0.15) is 19.8 Å². The molecule has 17 heavy (non-hydrogen) atoms. The third-order valence-electron chi connectivity index (χ3n) is 2.77. The molecule has 1 amide bonds. The number of carbonyl (C=O) groups excluding carboxylic acids is 1. The van der Waals surface area contributed by atoms with E-state index in [0.717, 1.165) is 18.0 Å². The molecule has 0 saturated carbocycles. The van der Waals surface area contributed by atoms with E-state index in [1.54, 1.807) is 0 Å². The number of ether oxygens (including phenoxy) is 1. The number of anilines is 1. The standard InChI is InChI=1S/C13H18N2O2/c1-10(16)15-11-4-2-6-13(8-11)17-9-12-5-3-7-14-12/h2,4,6,8,12,14H,3,5,7,9H2,1H3,(H,15,16)/t12-/m0/s1. The van der Waals surface area contributed by atoms with E-state index < -0.39 is 0 Å². The molecule has 1 aromatic rings. The topological polar surface area (TPSA) is 50.4 Å². The number of benzene rings is 1. The molecule has 1 aromatic carbocycles. The fourth-order valence-corrected chi connectivity index (χ4v) is 1.96. The van der Waals surface area contributed by atoms with E-state index in [1.807, 2.05) is 24.3 Å². The monoisotopic (exact) mass is 234 g/mol. The van der Waals surface area contributed by atoms with Gasteiger partial charge >= 0.3 is 0 Å².